The first-order valence-corrected chi connectivity index (χ1v) is 5.73. The van der Waals surface area contributed by atoms with Gasteiger partial charge in [-0.1, -0.05) is 18.2 Å². The summed E-state index contributed by atoms with van der Waals surface area (Å²) in [7, 11) is 0. The minimum Gasteiger partial charge on any atom is -0.376 e. The van der Waals surface area contributed by atoms with Crippen LogP contribution in [0.1, 0.15) is 11.8 Å². The van der Waals surface area contributed by atoms with Gasteiger partial charge in [-0.15, -0.1) is 11.3 Å². The highest BCUT2D eigenvalue weighted by Crippen LogP contribution is 2.06. The van der Waals surface area contributed by atoms with Crippen LogP contribution >= 0.6 is 11.3 Å². The molecular formula is C11H17NOS. The summed E-state index contributed by atoms with van der Waals surface area (Å²) in [5.74, 6) is 0. The van der Waals surface area contributed by atoms with Gasteiger partial charge in [-0.05, 0) is 18.4 Å². The lowest BCUT2D eigenvalue weighted by molar-refractivity contribution is 0.163. The predicted molar refractivity (Wildman–Crippen MR) is 61.7 cm³/mol. The smallest absolute Gasteiger partial charge is 0.0647 e. The van der Waals surface area contributed by atoms with E-state index < -0.39 is 0 Å². The molecule has 0 saturated heterocycles. The molecule has 0 aliphatic carbocycles. The minimum atomic E-state index is 0.719. The van der Waals surface area contributed by atoms with E-state index in [4.69, 9.17) is 4.74 Å². The van der Waals surface area contributed by atoms with E-state index in [1.54, 1.807) is 11.3 Å². The Hall–Kier alpha value is -0.640. The molecule has 14 heavy (non-hydrogen) atoms. The molecule has 0 aliphatic heterocycles. The molecule has 0 saturated carbocycles. The molecule has 0 unspecified atom stereocenters. The highest BCUT2D eigenvalue weighted by molar-refractivity contribution is 7.09. The molecule has 0 fully saturated rings. The Labute approximate surface area is 89.6 Å². The van der Waals surface area contributed by atoms with Crippen LogP contribution in [0.15, 0.2) is 29.7 Å². The summed E-state index contributed by atoms with van der Waals surface area (Å²) in [5, 5.41) is 5.42. The van der Waals surface area contributed by atoms with Gasteiger partial charge in [0.15, 0.2) is 0 Å². The second-order valence-corrected chi connectivity index (χ2v) is 3.93. The maximum atomic E-state index is 5.35. The Morgan fingerprint density at radius 2 is 2.50 bits per heavy atom. The van der Waals surface area contributed by atoms with Crippen LogP contribution in [0.5, 0.6) is 0 Å². The van der Waals surface area contributed by atoms with Gasteiger partial charge >= 0.3 is 0 Å². The number of hydrogen-bond acceptors (Lipinski definition) is 3. The molecule has 0 atom stereocenters. The van der Waals surface area contributed by atoms with E-state index in [0.717, 1.165) is 26.3 Å². The van der Waals surface area contributed by atoms with Gasteiger partial charge in [0.25, 0.3) is 0 Å². The number of rotatable bonds is 7. The Morgan fingerprint density at radius 1 is 1.57 bits per heavy atom. The Kier molecular flexibility index (Phi) is 6.32. The quantitative estimate of drug-likeness (QED) is 0.552. The third-order valence-electron chi connectivity index (χ3n) is 1.75. The van der Waals surface area contributed by atoms with Gasteiger partial charge < -0.3 is 10.1 Å². The van der Waals surface area contributed by atoms with E-state index in [-0.39, 0.29) is 0 Å². The first kappa shape index (κ1) is 11.4. The summed E-state index contributed by atoms with van der Waals surface area (Å²) >= 11 is 1.78. The normalized spacial score (nSPS) is 11.2. The predicted octanol–water partition coefficient (Wildman–Crippen LogP) is 2.43. The van der Waals surface area contributed by atoms with Gasteiger partial charge in [-0.3, -0.25) is 0 Å². The molecule has 0 aliphatic rings. The fourth-order valence-corrected chi connectivity index (χ4v) is 1.69. The molecule has 3 heteroatoms. The molecule has 0 radical (unpaired) electrons. The monoisotopic (exact) mass is 211 g/mol. The van der Waals surface area contributed by atoms with Crippen molar-refractivity contribution in [2.24, 2.45) is 0 Å². The summed E-state index contributed by atoms with van der Waals surface area (Å²) in [5.41, 5.74) is 0. The van der Waals surface area contributed by atoms with Crippen LogP contribution in [0.2, 0.25) is 0 Å². The lowest BCUT2D eigenvalue weighted by atomic mass is 10.4. The third kappa shape index (κ3) is 5.17. The maximum Gasteiger partial charge on any atom is 0.0647 e. The third-order valence-corrected chi connectivity index (χ3v) is 2.63. The molecule has 0 amide bonds. The van der Waals surface area contributed by atoms with Crippen LogP contribution in [0, 0.1) is 0 Å². The minimum absolute atomic E-state index is 0.719. The molecule has 1 rings (SSSR count). The van der Waals surface area contributed by atoms with Gasteiger partial charge in [0.2, 0.25) is 0 Å². The van der Waals surface area contributed by atoms with Crippen LogP contribution in [0.4, 0.5) is 0 Å². The van der Waals surface area contributed by atoms with Crippen LogP contribution in [-0.4, -0.2) is 19.8 Å². The Bertz CT molecular complexity index is 244. The van der Waals surface area contributed by atoms with Gasteiger partial charge in [-0.25, -0.2) is 0 Å². The number of allylic oxidation sites excluding steroid dienone is 1. The number of hydrogen-bond donors (Lipinski definition) is 1. The zero-order valence-corrected chi connectivity index (χ0v) is 9.35. The highest BCUT2D eigenvalue weighted by atomic mass is 32.1. The summed E-state index contributed by atoms with van der Waals surface area (Å²) in [6, 6.07) is 4.21. The molecule has 78 valence electrons. The van der Waals surface area contributed by atoms with Gasteiger partial charge in [0, 0.05) is 18.0 Å². The zero-order chi connectivity index (χ0) is 10.1. The molecule has 0 spiro atoms. The number of nitrogens with one attached hydrogen (secondary N) is 1. The first-order chi connectivity index (χ1) is 6.93. The lowest BCUT2D eigenvalue weighted by Crippen LogP contribution is -2.18. The second kappa shape index (κ2) is 7.74. The summed E-state index contributed by atoms with van der Waals surface area (Å²) in [4.78, 5) is 1.37. The average molecular weight is 211 g/mol. The van der Waals surface area contributed by atoms with Gasteiger partial charge in [-0.2, -0.15) is 0 Å². The van der Waals surface area contributed by atoms with Crippen LogP contribution in [0.25, 0.3) is 0 Å². The molecule has 2 nitrogen and oxygen atoms in total. The van der Waals surface area contributed by atoms with Gasteiger partial charge in [0.05, 0.1) is 13.2 Å². The van der Waals surface area contributed by atoms with Crippen molar-refractivity contribution < 1.29 is 4.74 Å². The highest BCUT2D eigenvalue weighted by Gasteiger charge is 1.91. The molecule has 0 bridgehead atoms. The SMILES string of the molecule is CC=CCOCCNCc1cccs1. The van der Waals surface area contributed by atoms with Crippen LogP contribution in [0.3, 0.4) is 0 Å². The molecule has 1 aromatic rings. The Morgan fingerprint density at radius 3 is 3.21 bits per heavy atom. The van der Waals surface area contributed by atoms with Crippen LogP contribution < -0.4 is 5.32 Å². The second-order valence-electron chi connectivity index (χ2n) is 2.90. The fourth-order valence-electron chi connectivity index (χ4n) is 1.02. The van der Waals surface area contributed by atoms with Crippen molar-refractivity contribution in [1.82, 2.24) is 5.32 Å². The van der Waals surface area contributed by atoms with E-state index in [2.05, 4.69) is 22.8 Å². The van der Waals surface area contributed by atoms with Crippen molar-refractivity contribution in [2.75, 3.05) is 19.8 Å². The maximum absolute atomic E-state index is 5.35. The standard InChI is InChI=1S/C11H17NOS/c1-2-3-7-13-8-6-12-10-11-5-4-9-14-11/h2-5,9,12H,6-8,10H2,1H3. The topological polar surface area (TPSA) is 21.3 Å². The lowest BCUT2D eigenvalue weighted by Gasteiger charge is -2.02. The molecule has 1 aromatic heterocycles. The van der Waals surface area contributed by atoms with Crippen molar-refractivity contribution >= 4 is 11.3 Å². The van der Waals surface area contributed by atoms with Crippen molar-refractivity contribution in [1.29, 1.82) is 0 Å². The van der Waals surface area contributed by atoms with Crippen molar-refractivity contribution in [3.05, 3.63) is 34.5 Å². The van der Waals surface area contributed by atoms with E-state index >= 15 is 0 Å². The number of ether oxygens (including phenoxy) is 1. The first-order valence-electron chi connectivity index (χ1n) is 4.85. The average Bonchev–Trinajstić information content (AvgIpc) is 2.69. The van der Waals surface area contributed by atoms with E-state index in [0.29, 0.717) is 0 Å². The van der Waals surface area contributed by atoms with E-state index in [1.807, 2.05) is 19.1 Å². The van der Waals surface area contributed by atoms with E-state index in [9.17, 15) is 0 Å². The van der Waals surface area contributed by atoms with Crippen LogP contribution in [-0.2, 0) is 11.3 Å². The number of thiophene rings is 1. The fraction of sp³-hybridized carbons (Fsp3) is 0.455. The van der Waals surface area contributed by atoms with Gasteiger partial charge in [0.1, 0.15) is 0 Å². The summed E-state index contributed by atoms with van der Waals surface area (Å²) < 4.78 is 5.35. The largest absolute Gasteiger partial charge is 0.376 e. The Balaban J connectivity index is 1.90. The summed E-state index contributed by atoms with van der Waals surface area (Å²) in [6.07, 6.45) is 4.01. The molecule has 1 N–H and O–H groups in total. The summed E-state index contributed by atoms with van der Waals surface area (Å²) in [6.45, 7) is 5.35. The zero-order valence-electron chi connectivity index (χ0n) is 8.53. The van der Waals surface area contributed by atoms with Crippen molar-refractivity contribution in [3.63, 3.8) is 0 Å². The van der Waals surface area contributed by atoms with E-state index in [1.165, 1.54) is 4.88 Å². The molecule has 0 aromatic carbocycles. The van der Waals surface area contributed by atoms with Crippen molar-refractivity contribution in [3.8, 4) is 0 Å². The molecular weight excluding hydrogens is 194 g/mol. The molecule has 1 heterocycles. The van der Waals surface area contributed by atoms with Crippen molar-refractivity contribution in [2.45, 2.75) is 13.5 Å².